The van der Waals surface area contributed by atoms with Gasteiger partial charge in [0.1, 0.15) is 83.2 Å². The van der Waals surface area contributed by atoms with Crippen molar-refractivity contribution in [1.82, 2.24) is 31.9 Å². The molecule has 646 valence electrons. The first kappa shape index (κ1) is 106. The molecule has 3 rings (SSSR count). The molecule has 4 atom stereocenters. The molecule has 3 aromatic carbocycles. The summed E-state index contributed by atoms with van der Waals surface area (Å²) < 4.78 is 55.2. The molecule has 6 amide bonds. The van der Waals surface area contributed by atoms with Gasteiger partial charge in [-0.2, -0.15) is 0 Å². The first-order chi connectivity index (χ1) is 52.6. The highest BCUT2D eigenvalue weighted by Gasteiger charge is 2.31. The van der Waals surface area contributed by atoms with Gasteiger partial charge in [0, 0.05) is 19.6 Å². The van der Waals surface area contributed by atoms with Crippen molar-refractivity contribution in [1.29, 1.82) is 0 Å². The van der Waals surface area contributed by atoms with E-state index in [9.17, 15) is 62.6 Å². The number of alkyl carbamates (subject to hydrolysis) is 6. The summed E-state index contributed by atoms with van der Waals surface area (Å²) in [6.45, 7) is 38.7. The van der Waals surface area contributed by atoms with Gasteiger partial charge < -0.3 is 106 Å². The first-order valence-electron chi connectivity index (χ1n) is 37.9. The van der Waals surface area contributed by atoms with Gasteiger partial charge in [-0.15, -0.1) is 0 Å². The third-order valence-electron chi connectivity index (χ3n) is 13.2. The van der Waals surface area contributed by atoms with Crippen molar-refractivity contribution in [3.63, 3.8) is 0 Å². The van der Waals surface area contributed by atoms with Crippen LogP contribution in [0, 0.1) is 0 Å². The molecule has 12 N–H and O–H groups in total. The predicted octanol–water partition coefficient (Wildman–Crippen LogP) is 14.1. The standard InChI is InChI=1S/C23H36N2O6.C19H28N2O6.C15H30N2O4.C14H20N2O4.C10H18O5/c1-22(2,3)30-19(26)18(25-21(28)31-23(4,5)6)14-10-11-15-24-20(27)29-16-17-12-8-7-9-13-17;1-19(2,3)27-18(25)21-15(16(22)23)11-7-8-12-20-17(24)26-13-14-9-5-4-6-10-14;1-14(2,3)20-12(18)11(9-7-8-10-16)17-13(19)21-15(4,5)6;15-12(13(17)18)8-4-5-9-16-14(19)20-10-11-6-2-1-3-7-11;1-9(2,3)14-7(11)13-8(12)15-10(4,5)6/h7-9,12-13,18H,10-11,14-16H2,1-6H3,(H,24,27)(H,25,28);4-6,9-10,15H,7-8,11-13H2,1-3H3,(H,20,24)(H,21,25)(H,22,23);11H,7-10,16H2,1-6H3,(H,17,19);1-3,6-7,12H,4-5,8-10,15H2,(H,16,19)(H,17,18);1-6H3/t18-;15-;11-;12-;/m0000./s1. The summed E-state index contributed by atoms with van der Waals surface area (Å²) in [5, 5.41) is 33.2. The molecule has 114 heavy (non-hydrogen) atoms. The second-order valence-corrected chi connectivity index (χ2v) is 32.7. The molecular weight excluding hydrogens is 1480 g/mol. The molecule has 0 aliphatic heterocycles. The lowest BCUT2D eigenvalue weighted by atomic mass is 10.1. The second-order valence-electron chi connectivity index (χ2n) is 32.7. The van der Waals surface area contributed by atoms with Crippen molar-refractivity contribution in [3.8, 4) is 0 Å². The van der Waals surface area contributed by atoms with Crippen LogP contribution in [0.1, 0.15) is 239 Å². The number of benzene rings is 3. The highest BCUT2D eigenvalue weighted by atomic mass is 16.8. The molecule has 0 radical (unpaired) electrons. The largest absolute Gasteiger partial charge is 0.519 e. The average Bonchev–Trinajstić information content (AvgIpc) is 0.863. The second kappa shape index (κ2) is 54.5. The lowest BCUT2D eigenvalue weighted by Gasteiger charge is -2.26. The lowest BCUT2D eigenvalue weighted by molar-refractivity contribution is -0.158. The molecule has 0 aliphatic rings. The van der Waals surface area contributed by atoms with Crippen molar-refractivity contribution >= 4 is 72.7 Å². The van der Waals surface area contributed by atoms with Gasteiger partial charge in [0.05, 0.1) is 0 Å². The summed E-state index contributed by atoms with van der Waals surface area (Å²) in [6, 6.07) is 24.7. The van der Waals surface area contributed by atoms with Crippen LogP contribution >= 0.6 is 0 Å². The number of nitrogens with two attached hydrogens (primary N) is 2. The van der Waals surface area contributed by atoms with Crippen LogP contribution in [0.2, 0.25) is 0 Å². The van der Waals surface area contributed by atoms with Gasteiger partial charge in [-0.05, 0) is 246 Å². The Morgan fingerprint density at radius 3 is 0.833 bits per heavy atom. The molecule has 33 nitrogen and oxygen atoms in total. The van der Waals surface area contributed by atoms with E-state index in [0.29, 0.717) is 84.0 Å². The number of ether oxygens (including phenoxy) is 11. The number of hydrogen-bond donors (Lipinski definition) is 10. The third kappa shape index (κ3) is 66.4. The SMILES string of the molecule is CC(C)(C)OC(=O)N[C@@H](CCCCN)C(=O)OC(C)(C)C.CC(C)(C)OC(=O)N[C@@H](CCCCNC(=O)OCc1ccccc1)C(=O)O.CC(C)(C)OC(=O)N[C@@H](CCCCNC(=O)OCc1ccccc1)C(=O)OC(C)(C)C.CC(C)(C)OC(=O)OC(=O)OC(C)(C)C.N[C@@H](CCCCNC(=O)OCc1ccccc1)C(=O)O. The number of hydrogen-bond acceptors (Lipinski definition) is 25. The molecule has 3 aromatic rings. The van der Waals surface area contributed by atoms with Crippen molar-refractivity contribution in [2.24, 2.45) is 11.5 Å². The van der Waals surface area contributed by atoms with Crippen LogP contribution < -0.4 is 43.4 Å². The number of carboxylic acid groups (broad SMARTS) is 2. The molecule has 33 heteroatoms. The van der Waals surface area contributed by atoms with Crippen LogP contribution in [0.25, 0.3) is 0 Å². The minimum atomic E-state index is -1.13. The van der Waals surface area contributed by atoms with E-state index in [1.807, 2.05) is 91.0 Å². The molecule has 0 heterocycles. The molecule has 0 fully saturated rings. The Morgan fingerprint density at radius 2 is 0.579 bits per heavy atom. The van der Waals surface area contributed by atoms with Crippen LogP contribution in [-0.2, 0) is 91.1 Å². The summed E-state index contributed by atoms with van der Waals surface area (Å²) in [5.41, 5.74) is 8.89. The van der Waals surface area contributed by atoms with Crippen LogP contribution in [0.4, 0.5) is 38.4 Å². The van der Waals surface area contributed by atoms with Crippen molar-refractivity contribution in [2.45, 2.75) is 306 Å². The zero-order valence-corrected chi connectivity index (χ0v) is 70.8. The van der Waals surface area contributed by atoms with Gasteiger partial charge in [-0.25, -0.2) is 52.7 Å². The van der Waals surface area contributed by atoms with E-state index >= 15 is 0 Å². The van der Waals surface area contributed by atoms with E-state index < -0.39 is 136 Å². The van der Waals surface area contributed by atoms with Crippen LogP contribution in [0.15, 0.2) is 91.0 Å². The molecule has 0 spiro atoms. The summed E-state index contributed by atoms with van der Waals surface area (Å²) in [6.07, 6.45) is 0.866. The number of carboxylic acids is 2. The molecule has 0 bridgehead atoms. The molecule has 0 unspecified atom stereocenters. The number of rotatable bonds is 32. The van der Waals surface area contributed by atoms with Gasteiger partial charge in [0.25, 0.3) is 0 Å². The first-order valence-corrected chi connectivity index (χ1v) is 37.9. The zero-order chi connectivity index (χ0) is 87.5. The number of esters is 2. The molecule has 0 aliphatic carbocycles. The average molecular weight is 1620 g/mol. The Kier molecular flexibility index (Phi) is 50.6. The van der Waals surface area contributed by atoms with Crippen LogP contribution in [-0.4, -0.2) is 173 Å². The fourth-order valence-corrected chi connectivity index (χ4v) is 8.41. The summed E-state index contributed by atoms with van der Waals surface area (Å²) >= 11 is 0. The minimum Gasteiger partial charge on any atom is -0.480 e. The molecule has 0 saturated heterocycles. The highest BCUT2D eigenvalue weighted by molar-refractivity contribution is 5.83. The van der Waals surface area contributed by atoms with Gasteiger partial charge in [-0.1, -0.05) is 91.0 Å². The van der Waals surface area contributed by atoms with E-state index in [2.05, 4.69) is 36.6 Å². The van der Waals surface area contributed by atoms with E-state index in [-0.39, 0.29) is 26.2 Å². The number of carbonyl (C=O) groups excluding carboxylic acids is 10. The summed E-state index contributed by atoms with van der Waals surface area (Å²) in [4.78, 5) is 139. The van der Waals surface area contributed by atoms with Gasteiger partial charge in [0.2, 0.25) is 0 Å². The molecular formula is C81H132N8O25. The number of carbonyl (C=O) groups is 12. The fourth-order valence-electron chi connectivity index (χ4n) is 8.41. The van der Waals surface area contributed by atoms with E-state index in [1.165, 1.54) is 0 Å². The van der Waals surface area contributed by atoms with Gasteiger partial charge in [0.15, 0.2) is 0 Å². The summed E-state index contributed by atoms with van der Waals surface area (Å²) in [5.74, 6) is -3.10. The predicted molar refractivity (Wildman–Crippen MR) is 426 cm³/mol. The lowest BCUT2D eigenvalue weighted by Crippen LogP contribution is -2.46. The maximum Gasteiger partial charge on any atom is 0.519 e. The normalized spacial score (nSPS) is 12.3. The van der Waals surface area contributed by atoms with Crippen molar-refractivity contribution in [2.75, 3.05) is 26.2 Å². The Morgan fingerprint density at radius 1 is 0.325 bits per heavy atom. The Balaban J connectivity index is 0. The van der Waals surface area contributed by atoms with E-state index in [4.69, 9.17) is 63.9 Å². The van der Waals surface area contributed by atoms with Crippen molar-refractivity contribution < 1.29 is 120 Å². The van der Waals surface area contributed by atoms with Gasteiger partial charge in [-0.3, -0.25) is 4.79 Å². The Bertz CT molecular complexity index is 3290. The maximum atomic E-state index is 12.5. The van der Waals surface area contributed by atoms with E-state index in [0.717, 1.165) is 29.5 Å². The number of aliphatic carboxylic acids is 2. The quantitative estimate of drug-likeness (QED) is 0.0120. The zero-order valence-electron chi connectivity index (χ0n) is 70.8. The van der Waals surface area contributed by atoms with Crippen LogP contribution in [0.5, 0.6) is 0 Å². The maximum absolute atomic E-state index is 12.5. The van der Waals surface area contributed by atoms with E-state index in [1.54, 1.807) is 145 Å². The number of amides is 6. The number of nitrogens with one attached hydrogen (secondary N) is 6. The Labute approximate surface area is 672 Å². The van der Waals surface area contributed by atoms with Crippen molar-refractivity contribution in [3.05, 3.63) is 108 Å². The fraction of sp³-hybridized carbons (Fsp3) is 0.630. The summed E-state index contributed by atoms with van der Waals surface area (Å²) in [7, 11) is 0. The minimum absolute atomic E-state index is 0.188. The smallest absolute Gasteiger partial charge is 0.480 e. The van der Waals surface area contributed by atoms with Gasteiger partial charge >= 0.3 is 72.7 Å². The Hall–Kier alpha value is -10.2. The molecule has 0 saturated carbocycles. The third-order valence-corrected chi connectivity index (χ3v) is 13.2. The van der Waals surface area contributed by atoms with Crippen LogP contribution in [0.3, 0.4) is 0 Å². The topological polar surface area (TPSA) is 471 Å². The highest BCUT2D eigenvalue weighted by Crippen LogP contribution is 2.18. The molecule has 0 aromatic heterocycles. The monoisotopic (exact) mass is 1620 g/mol. The number of unbranched alkanes of at least 4 members (excludes halogenated alkanes) is 4.